The highest BCUT2D eigenvalue weighted by molar-refractivity contribution is 9.10. The van der Waals surface area contributed by atoms with Crippen molar-refractivity contribution >= 4 is 44.5 Å². The summed E-state index contributed by atoms with van der Waals surface area (Å²) in [7, 11) is 3.25. The number of hydrogen-bond acceptors (Lipinski definition) is 5. The lowest BCUT2D eigenvalue weighted by Gasteiger charge is -2.60. The van der Waals surface area contributed by atoms with Crippen molar-refractivity contribution < 1.29 is 14.3 Å². The Bertz CT molecular complexity index is 891. The Balaban J connectivity index is 1.36. The van der Waals surface area contributed by atoms with Crippen LogP contribution in [0, 0.1) is 17.3 Å². The number of carbonyl (C=O) groups excluding carboxylic acids is 1. The molecule has 1 amide bonds. The van der Waals surface area contributed by atoms with Crippen LogP contribution in [-0.4, -0.2) is 46.8 Å². The maximum atomic E-state index is 13.6. The second-order valence-electron chi connectivity index (χ2n) is 9.97. The molecule has 5 aliphatic rings. The lowest BCUT2D eigenvalue weighted by Crippen LogP contribution is -2.54. The van der Waals surface area contributed by atoms with Gasteiger partial charge in [-0.1, -0.05) is 27.7 Å². The highest BCUT2D eigenvalue weighted by atomic mass is 79.9. The Labute approximate surface area is 197 Å². The van der Waals surface area contributed by atoms with E-state index in [1.165, 1.54) is 32.1 Å². The van der Waals surface area contributed by atoms with E-state index in [-0.39, 0.29) is 15.6 Å². The number of nitrogens with zero attached hydrogens (tertiary/aromatic N) is 2. The molecule has 6 rings (SSSR count). The van der Waals surface area contributed by atoms with E-state index >= 15 is 0 Å². The van der Waals surface area contributed by atoms with Gasteiger partial charge in [0.05, 0.1) is 19.9 Å². The molecule has 5 nitrogen and oxygen atoms in total. The van der Waals surface area contributed by atoms with E-state index in [0.29, 0.717) is 17.9 Å². The maximum Gasteiger partial charge on any atom is 0.229 e. The molecule has 4 atom stereocenters. The molecule has 0 N–H and O–H groups in total. The molecule has 5 fully saturated rings. The number of aliphatic imine (C=N–C) groups is 1. The number of methoxy groups -OCH3 is 2. The summed E-state index contributed by atoms with van der Waals surface area (Å²) >= 11 is 5.77. The molecule has 7 heteroatoms. The molecule has 4 bridgehead atoms. The van der Waals surface area contributed by atoms with E-state index < -0.39 is 0 Å². The molecule has 0 aromatic heterocycles. The van der Waals surface area contributed by atoms with E-state index in [9.17, 15) is 4.79 Å². The van der Waals surface area contributed by atoms with Crippen molar-refractivity contribution in [3.63, 3.8) is 0 Å². The lowest BCUT2D eigenvalue weighted by molar-refractivity contribution is -0.134. The quantitative estimate of drug-likeness (QED) is 0.474. The highest BCUT2D eigenvalue weighted by Gasteiger charge is 2.57. The van der Waals surface area contributed by atoms with Crippen molar-refractivity contribution in [1.29, 1.82) is 0 Å². The summed E-state index contributed by atoms with van der Waals surface area (Å²) in [4.78, 5) is 20.4. The van der Waals surface area contributed by atoms with E-state index in [4.69, 9.17) is 14.5 Å². The number of halogens is 1. The van der Waals surface area contributed by atoms with Gasteiger partial charge in [-0.25, -0.2) is 4.99 Å². The lowest BCUT2D eigenvalue weighted by atomic mass is 9.48. The Morgan fingerprint density at radius 2 is 1.94 bits per heavy atom. The molecular formula is C24H31BrN2O3S. The molecule has 1 saturated heterocycles. The Morgan fingerprint density at radius 3 is 2.61 bits per heavy atom. The van der Waals surface area contributed by atoms with Crippen LogP contribution in [0.1, 0.15) is 51.4 Å². The van der Waals surface area contributed by atoms with Gasteiger partial charge in [0.1, 0.15) is 0 Å². The van der Waals surface area contributed by atoms with Gasteiger partial charge in [-0.2, -0.15) is 0 Å². The van der Waals surface area contributed by atoms with Gasteiger partial charge in [0.25, 0.3) is 0 Å². The third kappa shape index (κ3) is 4.24. The second kappa shape index (κ2) is 8.29. The molecule has 31 heavy (non-hydrogen) atoms. The number of rotatable bonds is 5. The van der Waals surface area contributed by atoms with Crippen LogP contribution in [-0.2, 0) is 4.79 Å². The zero-order chi connectivity index (χ0) is 21.6. The van der Waals surface area contributed by atoms with Crippen LogP contribution in [0.4, 0.5) is 5.69 Å². The van der Waals surface area contributed by atoms with Gasteiger partial charge in [-0.15, -0.1) is 0 Å². The fourth-order valence-corrected chi connectivity index (χ4v) is 9.33. The third-order valence-corrected chi connectivity index (χ3v) is 9.51. The standard InChI is InChI=1S/C24H31BrN2O3S/c1-29-19-5-4-18(9-20(19)30-2)26-22-27(6-3-7-31-22)21(28)14-23-10-16-8-17(11-23)13-24(25,12-16)15-23/h4-5,9,16-17H,3,6-8,10-15H2,1-2H3/t16-,17+,23?,24?. The number of carbonyl (C=O) groups is 1. The molecule has 0 spiro atoms. The van der Waals surface area contributed by atoms with Crippen LogP contribution in [0.2, 0.25) is 0 Å². The zero-order valence-corrected chi connectivity index (χ0v) is 20.8. The monoisotopic (exact) mass is 506 g/mol. The summed E-state index contributed by atoms with van der Waals surface area (Å²) in [5.74, 6) is 4.17. The predicted octanol–water partition coefficient (Wildman–Crippen LogP) is 5.78. The molecule has 1 aromatic carbocycles. The first-order chi connectivity index (χ1) is 14.9. The summed E-state index contributed by atoms with van der Waals surface area (Å²) in [5.41, 5.74) is 0.968. The SMILES string of the molecule is COc1ccc(N=C2SCCCN2C(=O)CC23C[C@@H]4C[C@@H](CC(Br)(C4)C2)C3)cc1OC. The first-order valence-corrected chi connectivity index (χ1v) is 13.1. The fraction of sp³-hybridized carbons (Fsp3) is 0.667. The number of amides is 1. The van der Waals surface area contributed by atoms with E-state index in [1.807, 2.05) is 23.1 Å². The van der Waals surface area contributed by atoms with Gasteiger partial charge in [-0.05, 0) is 74.3 Å². The Kier molecular flexibility index (Phi) is 5.78. The minimum atomic E-state index is 0.182. The summed E-state index contributed by atoms with van der Waals surface area (Å²) in [5, 5.41) is 0.821. The molecule has 1 aromatic rings. The number of thioether (sulfide) groups is 1. The smallest absolute Gasteiger partial charge is 0.229 e. The zero-order valence-electron chi connectivity index (χ0n) is 18.4. The van der Waals surface area contributed by atoms with Crippen molar-refractivity contribution in [3.8, 4) is 11.5 Å². The Hall–Kier alpha value is -1.21. The molecule has 4 aliphatic carbocycles. The van der Waals surface area contributed by atoms with Gasteiger partial charge in [0.2, 0.25) is 5.91 Å². The summed E-state index contributed by atoms with van der Waals surface area (Å²) in [6, 6.07) is 5.65. The van der Waals surface area contributed by atoms with Crippen molar-refractivity contribution in [3.05, 3.63) is 18.2 Å². The van der Waals surface area contributed by atoms with Crippen LogP contribution in [0.5, 0.6) is 11.5 Å². The average molecular weight is 507 g/mol. The largest absolute Gasteiger partial charge is 0.493 e. The number of hydrogen-bond donors (Lipinski definition) is 0. The second-order valence-corrected chi connectivity index (χ2v) is 12.7. The molecule has 2 unspecified atom stereocenters. The number of ether oxygens (including phenoxy) is 2. The van der Waals surface area contributed by atoms with Crippen LogP contribution >= 0.6 is 27.7 Å². The fourth-order valence-electron chi connectivity index (χ4n) is 6.85. The first kappa shape index (κ1) is 21.6. The van der Waals surface area contributed by atoms with Gasteiger partial charge < -0.3 is 9.47 Å². The molecular weight excluding hydrogens is 476 g/mol. The molecule has 1 aliphatic heterocycles. The van der Waals surface area contributed by atoms with Gasteiger partial charge in [-0.3, -0.25) is 9.69 Å². The number of alkyl halides is 1. The van der Waals surface area contributed by atoms with E-state index in [2.05, 4.69) is 15.9 Å². The normalized spacial score (nSPS) is 35.5. The van der Waals surface area contributed by atoms with Crippen molar-refractivity contribution in [2.75, 3.05) is 26.5 Å². The number of amidine groups is 1. The van der Waals surface area contributed by atoms with Crippen molar-refractivity contribution in [1.82, 2.24) is 4.90 Å². The predicted molar refractivity (Wildman–Crippen MR) is 129 cm³/mol. The summed E-state index contributed by atoms with van der Waals surface area (Å²) in [6.45, 7) is 0.764. The molecule has 4 saturated carbocycles. The van der Waals surface area contributed by atoms with Gasteiger partial charge in [0, 0.05) is 29.1 Å². The molecule has 168 valence electrons. The van der Waals surface area contributed by atoms with Crippen LogP contribution in [0.15, 0.2) is 23.2 Å². The minimum absolute atomic E-state index is 0.182. The van der Waals surface area contributed by atoms with Crippen molar-refractivity contribution in [2.45, 2.75) is 55.7 Å². The molecule has 1 heterocycles. The van der Waals surface area contributed by atoms with E-state index in [0.717, 1.165) is 47.8 Å². The van der Waals surface area contributed by atoms with Crippen LogP contribution < -0.4 is 9.47 Å². The van der Waals surface area contributed by atoms with E-state index in [1.54, 1.807) is 26.0 Å². The first-order valence-electron chi connectivity index (χ1n) is 11.3. The van der Waals surface area contributed by atoms with Crippen molar-refractivity contribution in [2.24, 2.45) is 22.2 Å². The third-order valence-electron chi connectivity index (χ3n) is 7.52. The van der Waals surface area contributed by atoms with Gasteiger partial charge >= 0.3 is 0 Å². The van der Waals surface area contributed by atoms with Crippen LogP contribution in [0.25, 0.3) is 0 Å². The highest BCUT2D eigenvalue weighted by Crippen LogP contribution is 2.65. The minimum Gasteiger partial charge on any atom is -0.493 e. The van der Waals surface area contributed by atoms with Gasteiger partial charge in [0.15, 0.2) is 16.7 Å². The average Bonchev–Trinajstić information content (AvgIpc) is 2.71. The summed E-state index contributed by atoms with van der Waals surface area (Å²) < 4.78 is 11.0. The topological polar surface area (TPSA) is 51.1 Å². The van der Waals surface area contributed by atoms with Crippen LogP contribution in [0.3, 0.4) is 0 Å². The molecule has 0 radical (unpaired) electrons. The maximum absolute atomic E-state index is 13.6. The number of benzene rings is 1. The summed E-state index contributed by atoms with van der Waals surface area (Å²) in [6.07, 6.45) is 9.26. The Morgan fingerprint density at radius 1 is 1.19 bits per heavy atom.